The van der Waals surface area contributed by atoms with Crippen molar-refractivity contribution in [3.63, 3.8) is 0 Å². The van der Waals surface area contributed by atoms with Crippen LogP contribution in [-0.2, 0) is 22.5 Å². The Morgan fingerprint density at radius 3 is 2.84 bits per heavy atom. The zero-order chi connectivity index (χ0) is 17.6. The van der Waals surface area contributed by atoms with Gasteiger partial charge in [0.25, 0.3) is 0 Å². The Bertz CT molecular complexity index is 680. The number of morpholine rings is 1. The topological polar surface area (TPSA) is 67.6 Å². The van der Waals surface area contributed by atoms with Crippen LogP contribution in [0.25, 0.3) is 0 Å². The fourth-order valence-electron chi connectivity index (χ4n) is 3.13. The van der Waals surface area contributed by atoms with Crippen molar-refractivity contribution in [1.82, 2.24) is 15.4 Å². The summed E-state index contributed by atoms with van der Waals surface area (Å²) in [6.45, 7) is 7.24. The lowest BCUT2D eigenvalue weighted by Gasteiger charge is -2.32. The number of carbonyl (C=O) groups excluding carboxylic acids is 1. The highest BCUT2D eigenvalue weighted by molar-refractivity contribution is 5.81. The summed E-state index contributed by atoms with van der Waals surface area (Å²) in [5.74, 6) is 0.763. The van der Waals surface area contributed by atoms with Gasteiger partial charge >= 0.3 is 0 Å². The third kappa shape index (κ3) is 4.67. The number of hydrogen-bond acceptors (Lipinski definition) is 5. The first kappa shape index (κ1) is 17.6. The molecule has 2 heterocycles. The molecule has 0 spiro atoms. The van der Waals surface area contributed by atoms with E-state index in [0.717, 1.165) is 30.1 Å². The molecule has 1 atom stereocenters. The molecular weight excluding hydrogens is 318 g/mol. The van der Waals surface area contributed by atoms with Crippen LogP contribution in [0.4, 0.5) is 0 Å². The van der Waals surface area contributed by atoms with Crippen LogP contribution in [0.15, 0.2) is 34.9 Å². The van der Waals surface area contributed by atoms with Crippen molar-refractivity contribution in [1.29, 1.82) is 0 Å². The number of nitrogens with one attached hydrogen (secondary N) is 1. The van der Waals surface area contributed by atoms with Crippen molar-refractivity contribution in [3.05, 3.63) is 52.9 Å². The van der Waals surface area contributed by atoms with E-state index in [0.29, 0.717) is 26.1 Å². The van der Waals surface area contributed by atoms with Gasteiger partial charge in [-0.05, 0) is 25.8 Å². The number of rotatable bonds is 6. The molecule has 1 aromatic heterocycles. The Labute approximate surface area is 148 Å². The summed E-state index contributed by atoms with van der Waals surface area (Å²) >= 11 is 0. The Morgan fingerprint density at radius 1 is 1.32 bits per heavy atom. The van der Waals surface area contributed by atoms with Gasteiger partial charge in [0, 0.05) is 31.7 Å². The van der Waals surface area contributed by atoms with E-state index >= 15 is 0 Å². The Hall–Kier alpha value is -2.18. The third-order valence-corrected chi connectivity index (χ3v) is 4.55. The summed E-state index contributed by atoms with van der Waals surface area (Å²) in [5, 5.41) is 6.90. The molecule has 1 N–H and O–H groups in total. The van der Waals surface area contributed by atoms with Crippen LogP contribution in [0.5, 0.6) is 0 Å². The minimum atomic E-state index is -0.415. The quantitative estimate of drug-likeness (QED) is 0.867. The fraction of sp³-hybridized carbons (Fsp3) is 0.474. The summed E-state index contributed by atoms with van der Waals surface area (Å²) in [4.78, 5) is 14.7. The van der Waals surface area contributed by atoms with E-state index in [-0.39, 0.29) is 5.91 Å². The van der Waals surface area contributed by atoms with E-state index in [1.165, 1.54) is 5.56 Å². The molecule has 25 heavy (non-hydrogen) atoms. The smallest absolute Gasteiger partial charge is 0.250 e. The van der Waals surface area contributed by atoms with Gasteiger partial charge in [0.05, 0.1) is 12.3 Å². The summed E-state index contributed by atoms with van der Waals surface area (Å²) in [6, 6.07) is 10.3. The van der Waals surface area contributed by atoms with Gasteiger partial charge in [0.15, 0.2) is 0 Å². The van der Waals surface area contributed by atoms with E-state index in [2.05, 4.69) is 27.5 Å². The van der Waals surface area contributed by atoms with Crippen molar-refractivity contribution >= 4 is 5.91 Å². The number of ether oxygens (including phenoxy) is 1. The highest BCUT2D eigenvalue weighted by Gasteiger charge is 2.26. The van der Waals surface area contributed by atoms with Gasteiger partial charge in [0.1, 0.15) is 11.9 Å². The van der Waals surface area contributed by atoms with Crippen molar-refractivity contribution in [3.8, 4) is 0 Å². The molecule has 0 radical (unpaired) electrons. The van der Waals surface area contributed by atoms with Crippen LogP contribution < -0.4 is 5.32 Å². The Balaban J connectivity index is 1.47. The second-order valence-electron chi connectivity index (χ2n) is 6.42. The zero-order valence-corrected chi connectivity index (χ0v) is 14.8. The molecule has 0 saturated carbocycles. The van der Waals surface area contributed by atoms with E-state index in [4.69, 9.17) is 9.26 Å². The molecule has 1 fully saturated rings. The van der Waals surface area contributed by atoms with E-state index in [9.17, 15) is 4.79 Å². The van der Waals surface area contributed by atoms with Crippen LogP contribution in [0.3, 0.4) is 0 Å². The van der Waals surface area contributed by atoms with E-state index in [1.807, 2.05) is 32.0 Å². The van der Waals surface area contributed by atoms with Gasteiger partial charge in [0.2, 0.25) is 5.91 Å². The van der Waals surface area contributed by atoms with Crippen LogP contribution in [0.1, 0.15) is 22.6 Å². The second kappa shape index (κ2) is 8.27. The molecule has 134 valence electrons. The minimum absolute atomic E-state index is 0.0514. The monoisotopic (exact) mass is 343 g/mol. The molecule has 3 rings (SSSR count). The number of carbonyl (C=O) groups is 1. The van der Waals surface area contributed by atoms with Crippen molar-refractivity contribution in [2.24, 2.45) is 0 Å². The number of nitrogens with zero attached hydrogens (tertiary/aromatic N) is 2. The number of amides is 1. The maximum Gasteiger partial charge on any atom is 0.250 e. The first-order valence-electron chi connectivity index (χ1n) is 8.71. The predicted molar refractivity (Wildman–Crippen MR) is 94.1 cm³/mol. The number of aryl methyl sites for hydroxylation is 2. The van der Waals surface area contributed by atoms with Crippen LogP contribution in [0.2, 0.25) is 0 Å². The maximum absolute atomic E-state index is 12.4. The van der Waals surface area contributed by atoms with Gasteiger partial charge in [-0.2, -0.15) is 0 Å². The molecule has 1 amide bonds. The largest absolute Gasteiger partial charge is 0.366 e. The average Bonchev–Trinajstić information content (AvgIpc) is 2.95. The summed E-state index contributed by atoms with van der Waals surface area (Å²) in [5.41, 5.74) is 3.20. The van der Waals surface area contributed by atoms with Gasteiger partial charge in [-0.25, -0.2) is 0 Å². The first-order chi connectivity index (χ1) is 12.1. The molecule has 1 aliphatic heterocycles. The second-order valence-corrected chi connectivity index (χ2v) is 6.42. The standard InChI is InChI=1S/C19H25N3O3/c1-14-17(15(2)25-21-14)8-9-20-19(23)18-13-22(10-11-24-18)12-16-6-4-3-5-7-16/h3-7,18H,8-13H2,1-2H3,(H,20,23)/t18-/m0/s1. The molecule has 1 aromatic carbocycles. The average molecular weight is 343 g/mol. The van der Waals surface area contributed by atoms with Crippen molar-refractivity contribution in [2.45, 2.75) is 32.9 Å². The summed E-state index contributed by atoms with van der Waals surface area (Å²) < 4.78 is 10.8. The van der Waals surface area contributed by atoms with E-state index < -0.39 is 6.10 Å². The Morgan fingerprint density at radius 2 is 2.12 bits per heavy atom. The van der Waals surface area contributed by atoms with Crippen LogP contribution in [-0.4, -0.2) is 48.3 Å². The van der Waals surface area contributed by atoms with Gasteiger partial charge in [-0.15, -0.1) is 0 Å². The third-order valence-electron chi connectivity index (χ3n) is 4.55. The minimum Gasteiger partial charge on any atom is -0.366 e. The number of benzene rings is 1. The normalized spacial score (nSPS) is 18.2. The Kier molecular flexibility index (Phi) is 5.83. The summed E-state index contributed by atoms with van der Waals surface area (Å²) in [6.07, 6.45) is 0.301. The van der Waals surface area contributed by atoms with Crippen molar-refractivity contribution in [2.75, 3.05) is 26.2 Å². The number of hydrogen-bond donors (Lipinski definition) is 1. The van der Waals surface area contributed by atoms with Crippen LogP contribution >= 0.6 is 0 Å². The molecule has 0 unspecified atom stereocenters. The molecule has 0 aliphatic carbocycles. The van der Waals surface area contributed by atoms with Gasteiger partial charge in [-0.3, -0.25) is 9.69 Å². The molecule has 6 nitrogen and oxygen atoms in total. The highest BCUT2D eigenvalue weighted by atomic mass is 16.5. The number of aromatic nitrogens is 1. The highest BCUT2D eigenvalue weighted by Crippen LogP contribution is 2.13. The SMILES string of the molecule is Cc1noc(C)c1CCNC(=O)[C@@H]1CN(Cc2ccccc2)CCO1. The molecule has 0 bridgehead atoms. The lowest BCUT2D eigenvalue weighted by atomic mass is 10.1. The molecule has 1 aliphatic rings. The fourth-order valence-corrected chi connectivity index (χ4v) is 3.13. The molecule has 2 aromatic rings. The molecular formula is C19H25N3O3. The molecule has 6 heteroatoms. The lowest BCUT2D eigenvalue weighted by molar-refractivity contribution is -0.138. The maximum atomic E-state index is 12.4. The zero-order valence-electron chi connectivity index (χ0n) is 14.8. The molecule has 1 saturated heterocycles. The van der Waals surface area contributed by atoms with Gasteiger partial charge < -0.3 is 14.6 Å². The summed E-state index contributed by atoms with van der Waals surface area (Å²) in [7, 11) is 0. The van der Waals surface area contributed by atoms with Gasteiger partial charge in [-0.1, -0.05) is 35.5 Å². The predicted octanol–water partition coefficient (Wildman–Crippen LogP) is 1.85. The van der Waals surface area contributed by atoms with Crippen LogP contribution in [0, 0.1) is 13.8 Å². The first-order valence-corrected chi connectivity index (χ1v) is 8.71. The van der Waals surface area contributed by atoms with E-state index in [1.54, 1.807) is 0 Å². The van der Waals surface area contributed by atoms with Crippen molar-refractivity contribution < 1.29 is 14.1 Å². The lowest BCUT2D eigenvalue weighted by Crippen LogP contribution is -2.49.